The second-order valence-electron chi connectivity index (χ2n) is 10.8. The Labute approximate surface area is 248 Å². The number of ether oxygens (including phenoxy) is 2. The van der Waals surface area contributed by atoms with Gasteiger partial charge in [-0.3, -0.25) is 9.80 Å². The molecule has 0 N–H and O–H groups in total. The molecule has 236 valence electrons. The van der Waals surface area contributed by atoms with Crippen molar-refractivity contribution in [1.82, 2.24) is 4.90 Å². The van der Waals surface area contributed by atoms with Crippen LogP contribution in [0.15, 0.2) is 41.3 Å². The quantitative estimate of drug-likeness (QED) is 0.230. The Morgan fingerprint density at radius 1 is 1.05 bits per heavy atom. The molecular formula is C29H32F6N2O5S. The van der Waals surface area contributed by atoms with E-state index in [0.29, 0.717) is 28.3 Å². The minimum absolute atomic E-state index is 0.0234. The van der Waals surface area contributed by atoms with Gasteiger partial charge in [0.25, 0.3) is 0 Å². The summed E-state index contributed by atoms with van der Waals surface area (Å²) in [6.45, 7) is 4.43. The first kappa shape index (κ1) is 32.8. The van der Waals surface area contributed by atoms with Gasteiger partial charge in [-0.25, -0.2) is 9.59 Å². The van der Waals surface area contributed by atoms with Gasteiger partial charge in [0.15, 0.2) is 4.90 Å². The third kappa shape index (κ3) is 7.34. The monoisotopic (exact) mass is 634 g/mol. The van der Waals surface area contributed by atoms with Crippen molar-refractivity contribution in [2.24, 2.45) is 5.92 Å². The first-order valence-corrected chi connectivity index (χ1v) is 15.0. The second kappa shape index (κ2) is 12.5. The lowest BCUT2D eigenvalue weighted by atomic mass is 9.87. The summed E-state index contributed by atoms with van der Waals surface area (Å²) >= 11 is -1.45. The van der Waals surface area contributed by atoms with E-state index in [1.165, 1.54) is 4.90 Å². The van der Waals surface area contributed by atoms with E-state index >= 15 is 0 Å². The van der Waals surface area contributed by atoms with Crippen LogP contribution < -0.4 is 4.90 Å². The molecule has 0 spiro atoms. The molecule has 1 fully saturated rings. The van der Waals surface area contributed by atoms with E-state index in [0.717, 1.165) is 24.9 Å². The maximum atomic E-state index is 13.6. The molecule has 4 rings (SSSR count). The fourth-order valence-electron chi connectivity index (χ4n) is 5.37. The van der Waals surface area contributed by atoms with Crippen molar-refractivity contribution in [1.29, 1.82) is 0 Å². The first-order chi connectivity index (χ1) is 20.0. The molecule has 1 aliphatic carbocycles. The van der Waals surface area contributed by atoms with Crippen LogP contribution in [0.2, 0.25) is 0 Å². The molecule has 1 aliphatic heterocycles. The van der Waals surface area contributed by atoms with Gasteiger partial charge in [0.2, 0.25) is 0 Å². The maximum absolute atomic E-state index is 13.6. The van der Waals surface area contributed by atoms with Crippen LogP contribution in [0.5, 0.6) is 0 Å². The first-order valence-electron chi connectivity index (χ1n) is 13.7. The van der Waals surface area contributed by atoms with Gasteiger partial charge in [-0.2, -0.15) is 26.3 Å². The zero-order chi connectivity index (χ0) is 31.9. The van der Waals surface area contributed by atoms with Gasteiger partial charge in [-0.05, 0) is 93.0 Å². The molecule has 1 unspecified atom stereocenters. The summed E-state index contributed by atoms with van der Waals surface area (Å²) in [5.74, 6) is 0.294. The predicted molar refractivity (Wildman–Crippen MR) is 146 cm³/mol. The Balaban J connectivity index is 1.87. The number of hydrogen-bond acceptors (Lipinski definition) is 5. The third-order valence-corrected chi connectivity index (χ3v) is 8.73. The van der Waals surface area contributed by atoms with Crippen LogP contribution in [0, 0.1) is 5.92 Å². The van der Waals surface area contributed by atoms with Crippen molar-refractivity contribution in [3.05, 3.63) is 58.7 Å². The van der Waals surface area contributed by atoms with Crippen LogP contribution in [-0.2, 0) is 39.5 Å². The number of carbonyl (C=O) groups excluding carboxylic acids is 2. The molecular weight excluding hydrogens is 602 g/mol. The molecule has 0 bridgehead atoms. The molecule has 1 saturated carbocycles. The minimum atomic E-state index is -5.07. The van der Waals surface area contributed by atoms with Crippen molar-refractivity contribution >= 4 is 29.0 Å². The van der Waals surface area contributed by atoms with Crippen LogP contribution in [0.1, 0.15) is 68.3 Å². The van der Waals surface area contributed by atoms with Crippen molar-refractivity contribution in [2.75, 3.05) is 17.8 Å². The Morgan fingerprint density at radius 3 is 2.14 bits per heavy atom. The molecule has 0 radical (unpaired) electrons. The topological polar surface area (TPSA) is 82.1 Å². The van der Waals surface area contributed by atoms with Crippen molar-refractivity contribution in [3.63, 3.8) is 0 Å². The smallest absolute Gasteiger partial charge is 0.416 e. The van der Waals surface area contributed by atoms with Gasteiger partial charge in [-0.15, -0.1) is 0 Å². The number of alkyl halides is 6. The molecule has 0 saturated heterocycles. The Morgan fingerprint density at radius 2 is 1.65 bits per heavy atom. The number of halogens is 6. The highest BCUT2D eigenvalue weighted by atomic mass is 32.2. The lowest BCUT2D eigenvalue weighted by Crippen LogP contribution is -2.50. The Hall–Kier alpha value is -3.13. The molecule has 7 nitrogen and oxygen atoms in total. The number of amides is 2. The zero-order valence-electron chi connectivity index (χ0n) is 23.9. The molecule has 14 heteroatoms. The fourth-order valence-corrected chi connectivity index (χ4v) is 6.18. The van der Waals surface area contributed by atoms with Gasteiger partial charge in [0.05, 0.1) is 36.1 Å². The number of carbonyl (C=O) groups is 2. The average molecular weight is 635 g/mol. The highest BCUT2D eigenvalue weighted by molar-refractivity contribution is 7.91. The highest BCUT2D eigenvalue weighted by Crippen LogP contribution is 2.49. The van der Waals surface area contributed by atoms with Crippen molar-refractivity contribution in [3.8, 4) is 0 Å². The SMILES string of the molecule is CC[S+]([O-])c1ccc2c(c1)[C@@H](N(Cc1cc(C(F)(F)F)cc(C(F)(F)F)c1)C(=O)OC)C[C@@H](C1CC1)N2C(=O)OC(C)C. The molecule has 0 aromatic heterocycles. The van der Waals surface area contributed by atoms with Crippen LogP contribution in [0.25, 0.3) is 0 Å². The van der Waals surface area contributed by atoms with E-state index in [-0.39, 0.29) is 24.2 Å². The number of rotatable bonds is 7. The number of fused-ring (bicyclic) bond motifs is 1. The van der Waals surface area contributed by atoms with Crippen LogP contribution in [0.4, 0.5) is 41.6 Å². The summed E-state index contributed by atoms with van der Waals surface area (Å²) in [7, 11) is 1.06. The van der Waals surface area contributed by atoms with Gasteiger partial charge < -0.3 is 14.0 Å². The number of methoxy groups -OCH3 is 1. The Bertz CT molecular complexity index is 1320. The number of benzene rings is 2. The summed E-state index contributed by atoms with van der Waals surface area (Å²) < 4.78 is 105. The van der Waals surface area contributed by atoms with E-state index in [2.05, 4.69) is 0 Å². The molecule has 43 heavy (non-hydrogen) atoms. The van der Waals surface area contributed by atoms with E-state index in [4.69, 9.17) is 9.47 Å². The van der Waals surface area contributed by atoms with Crippen LogP contribution in [-0.4, -0.2) is 46.6 Å². The summed E-state index contributed by atoms with van der Waals surface area (Å²) in [6, 6.07) is 4.48. The van der Waals surface area contributed by atoms with Gasteiger partial charge in [0.1, 0.15) is 5.75 Å². The molecule has 1 heterocycles. The largest absolute Gasteiger partial charge is 0.611 e. The molecule has 3 atom stereocenters. The predicted octanol–water partition coefficient (Wildman–Crippen LogP) is 7.70. The molecule has 2 aromatic carbocycles. The van der Waals surface area contributed by atoms with E-state index in [1.807, 2.05) is 0 Å². The lowest BCUT2D eigenvalue weighted by Gasteiger charge is -2.44. The third-order valence-electron chi connectivity index (χ3n) is 7.42. The highest BCUT2D eigenvalue weighted by Gasteiger charge is 2.47. The summed E-state index contributed by atoms with van der Waals surface area (Å²) in [5.41, 5.74) is -2.72. The zero-order valence-corrected chi connectivity index (χ0v) is 24.7. The molecule has 2 aromatic rings. The summed E-state index contributed by atoms with van der Waals surface area (Å²) in [4.78, 5) is 29.5. The standard InChI is InChI=1S/C29H32F6N2O5S/c1-5-43(40)21-8-9-23-22(13-21)25(14-24(18-6-7-18)37(23)27(39)42-16(2)3)36(26(38)41-4)15-17-10-19(28(30,31)32)12-20(11-17)29(33,34)35/h8-13,16,18,24-25H,5-7,14-15H2,1-4H3/t24-,25-,43?/m0/s1. The molecule has 2 amide bonds. The number of nitrogens with zero attached hydrogens (tertiary/aromatic N) is 2. The number of anilines is 1. The summed E-state index contributed by atoms with van der Waals surface area (Å²) in [5, 5.41) is 0. The number of hydrogen-bond donors (Lipinski definition) is 0. The fraction of sp³-hybridized carbons (Fsp3) is 0.517. The average Bonchev–Trinajstić information content (AvgIpc) is 3.78. The van der Waals surface area contributed by atoms with Crippen molar-refractivity contribution in [2.45, 2.75) is 82.0 Å². The second-order valence-corrected chi connectivity index (χ2v) is 12.6. The Kier molecular flexibility index (Phi) is 9.50. The summed E-state index contributed by atoms with van der Waals surface area (Å²) in [6.07, 6.45) is -10.6. The van der Waals surface area contributed by atoms with Crippen LogP contribution in [0.3, 0.4) is 0 Å². The van der Waals surface area contributed by atoms with Gasteiger partial charge >= 0.3 is 24.5 Å². The van der Waals surface area contributed by atoms with Crippen LogP contribution >= 0.6 is 0 Å². The van der Waals surface area contributed by atoms with E-state index in [9.17, 15) is 40.5 Å². The van der Waals surface area contributed by atoms with E-state index in [1.54, 1.807) is 39.0 Å². The minimum Gasteiger partial charge on any atom is -0.611 e. The lowest BCUT2D eigenvalue weighted by molar-refractivity contribution is -0.143. The van der Waals surface area contributed by atoms with Gasteiger partial charge in [0, 0.05) is 24.2 Å². The van der Waals surface area contributed by atoms with Gasteiger partial charge in [-0.1, -0.05) is 0 Å². The van der Waals surface area contributed by atoms with Crippen molar-refractivity contribution < 1.29 is 50.0 Å². The van der Waals surface area contributed by atoms with E-state index < -0.39 is 77.1 Å². The normalized spacial score (nSPS) is 19.6. The maximum Gasteiger partial charge on any atom is 0.416 e. The molecule has 2 aliphatic rings.